The van der Waals surface area contributed by atoms with Gasteiger partial charge in [0.15, 0.2) is 0 Å². The number of ether oxygens (including phenoxy) is 1. The number of amides is 1. The standard InChI is InChI=1S/C24H31N5O3S2/c1-4-17(3)29-23(31)19(34-24(29)33)14-18-21(25-8-5-9-27-10-12-32-13-11-27)26-20-7-6-16(2)15-28(20)22(18)30/h6-7,14-15,17,25H,4-5,8-13H2,1-3H3/b19-14-/t17-/m1/s1. The van der Waals surface area contributed by atoms with Gasteiger partial charge in [-0.2, -0.15) is 0 Å². The van der Waals surface area contributed by atoms with Crippen molar-refractivity contribution in [2.45, 2.75) is 39.7 Å². The summed E-state index contributed by atoms with van der Waals surface area (Å²) in [5.41, 5.74) is 1.68. The Balaban J connectivity index is 1.63. The molecule has 4 rings (SSSR count). The van der Waals surface area contributed by atoms with Crippen LogP contribution in [0.25, 0.3) is 11.7 Å². The average molecular weight is 502 g/mol. The number of thiocarbonyl (C=S) groups is 1. The number of nitrogens with zero attached hydrogens (tertiary/aromatic N) is 4. The summed E-state index contributed by atoms with van der Waals surface area (Å²) < 4.78 is 7.47. The van der Waals surface area contributed by atoms with Gasteiger partial charge < -0.3 is 10.1 Å². The van der Waals surface area contributed by atoms with E-state index < -0.39 is 0 Å². The summed E-state index contributed by atoms with van der Waals surface area (Å²) in [4.78, 5) is 35.7. The number of nitrogens with one attached hydrogen (secondary N) is 1. The number of aromatic nitrogens is 2. The lowest BCUT2D eigenvalue weighted by molar-refractivity contribution is -0.123. The molecule has 0 unspecified atom stereocenters. The van der Waals surface area contributed by atoms with Crippen LogP contribution >= 0.6 is 24.0 Å². The topological polar surface area (TPSA) is 79.2 Å². The van der Waals surface area contributed by atoms with Crippen LogP contribution in [0.2, 0.25) is 0 Å². The van der Waals surface area contributed by atoms with Crippen molar-refractivity contribution in [3.8, 4) is 0 Å². The fourth-order valence-electron chi connectivity index (χ4n) is 4.03. The van der Waals surface area contributed by atoms with Crippen LogP contribution in [0.5, 0.6) is 0 Å². The Labute approximate surface area is 209 Å². The Kier molecular flexibility index (Phi) is 8.02. The lowest BCUT2D eigenvalue weighted by Gasteiger charge is -2.26. The van der Waals surface area contributed by atoms with Gasteiger partial charge in [0.25, 0.3) is 11.5 Å². The van der Waals surface area contributed by atoms with Gasteiger partial charge in [0.2, 0.25) is 0 Å². The van der Waals surface area contributed by atoms with Crippen LogP contribution in [0, 0.1) is 6.92 Å². The van der Waals surface area contributed by atoms with Gasteiger partial charge in [0, 0.05) is 31.9 Å². The molecule has 2 aromatic rings. The maximum Gasteiger partial charge on any atom is 0.267 e. The number of hydrogen-bond acceptors (Lipinski definition) is 8. The Bertz CT molecular complexity index is 1170. The number of aryl methyl sites for hydroxylation is 1. The number of hydrogen-bond donors (Lipinski definition) is 1. The molecule has 2 aromatic heterocycles. The van der Waals surface area contributed by atoms with Gasteiger partial charge in [-0.25, -0.2) is 4.98 Å². The molecule has 182 valence electrons. The summed E-state index contributed by atoms with van der Waals surface area (Å²) in [6.07, 6.45) is 5.13. The lowest BCUT2D eigenvalue weighted by Crippen LogP contribution is -2.37. The molecule has 4 heterocycles. The monoisotopic (exact) mass is 501 g/mol. The molecule has 10 heteroatoms. The molecule has 2 aliphatic heterocycles. The molecular weight excluding hydrogens is 470 g/mol. The van der Waals surface area contributed by atoms with Gasteiger partial charge in [-0.3, -0.25) is 23.8 Å². The number of carbonyl (C=O) groups excluding carboxylic acids is 1. The van der Waals surface area contributed by atoms with Gasteiger partial charge >= 0.3 is 0 Å². The molecule has 0 aromatic carbocycles. The molecule has 1 amide bonds. The van der Waals surface area contributed by atoms with E-state index in [9.17, 15) is 9.59 Å². The highest BCUT2D eigenvalue weighted by molar-refractivity contribution is 8.26. The van der Waals surface area contributed by atoms with Crippen molar-refractivity contribution >= 4 is 51.7 Å². The van der Waals surface area contributed by atoms with Crippen molar-refractivity contribution in [3.05, 3.63) is 44.7 Å². The van der Waals surface area contributed by atoms with E-state index in [-0.39, 0.29) is 17.5 Å². The third kappa shape index (κ3) is 5.35. The van der Waals surface area contributed by atoms with Gasteiger partial charge in [-0.15, -0.1) is 0 Å². The van der Waals surface area contributed by atoms with E-state index in [1.54, 1.807) is 17.2 Å². The van der Waals surface area contributed by atoms with Gasteiger partial charge in [0.05, 0.1) is 23.7 Å². The van der Waals surface area contributed by atoms with Crippen molar-refractivity contribution in [1.29, 1.82) is 0 Å². The Morgan fingerprint density at radius 2 is 2.06 bits per heavy atom. The molecule has 8 nitrogen and oxygen atoms in total. The highest BCUT2D eigenvalue weighted by Crippen LogP contribution is 2.34. The average Bonchev–Trinajstić information content (AvgIpc) is 3.12. The number of rotatable bonds is 8. The predicted molar refractivity (Wildman–Crippen MR) is 141 cm³/mol. The number of thioether (sulfide) groups is 1. The predicted octanol–water partition coefficient (Wildman–Crippen LogP) is 3.14. The van der Waals surface area contributed by atoms with E-state index in [0.717, 1.165) is 51.3 Å². The Morgan fingerprint density at radius 1 is 1.29 bits per heavy atom. The van der Waals surface area contributed by atoms with E-state index in [0.29, 0.717) is 32.8 Å². The fraction of sp³-hybridized carbons (Fsp3) is 0.500. The SMILES string of the molecule is CC[C@@H](C)N1C(=O)/C(=C/c2c(NCCCN3CCOCC3)nc3ccc(C)cn3c2=O)SC1=S. The largest absolute Gasteiger partial charge is 0.379 e. The maximum absolute atomic E-state index is 13.5. The van der Waals surface area contributed by atoms with Gasteiger partial charge in [-0.1, -0.05) is 37.0 Å². The summed E-state index contributed by atoms with van der Waals surface area (Å²) in [5.74, 6) is 0.334. The molecule has 0 bridgehead atoms. The van der Waals surface area contributed by atoms with E-state index >= 15 is 0 Å². The van der Waals surface area contributed by atoms with Crippen LogP contribution < -0.4 is 10.9 Å². The van der Waals surface area contributed by atoms with E-state index in [1.807, 2.05) is 32.9 Å². The summed E-state index contributed by atoms with van der Waals surface area (Å²) in [7, 11) is 0. The minimum Gasteiger partial charge on any atom is -0.379 e. The van der Waals surface area contributed by atoms with Crippen molar-refractivity contribution in [3.63, 3.8) is 0 Å². The smallest absolute Gasteiger partial charge is 0.267 e. The summed E-state index contributed by atoms with van der Waals surface area (Å²) in [6, 6.07) is 3.78. The number of anilines is 1. The molecule has 34 heavy (non-hydrogen) atoms. The highest BCUT2D eigenvalue weighted by Gasteiger charge is 2.35. The maximum atomic E-state index is 13.5. The Morgan fingerprint density at radius 3 is 2.79 bits per heavy atom. The normalized spacial score (nSPS) is 19.4. The summed E-state index contributed by atoms with van der Waals surface area (Å²) in [6.45, 7) is 11.0. The third-order valence-electron chi connectivity index (χ3n) is 6.18. The quantitative estimate of drug-likeness (QED) is 0.336. The number of morpholine rings is 1. The van der Waals surface area contributed by atoms with Gasteiger partial charge in [-0.05, 0) is 50.9 Å². The minimum absolute atomic E-state index is 0.00894. The molecule has 2 saturated heterocycles. The first-order valence-corrected chi connectivity index (χ1v) is 13.0. The molecule has 0 spiro atoms. The first-order chi connectivity index (χ1) is 16.4. The van der Waals surface area contributed by atoms with Crippen LogP contribution in [-0.4, -0.2) is 74.8 Å². The molecule has 1 N–H and O–H groups in total. The molecular formula is C24H31N5O3S2. The zero-order valence-electron chi connectivity index (χ0n) is 19.9. The number of fused-ring (bicyclic) bond motifs is 1. The molecule has 0 saturated carbocycles. The lowest BCUT2D eigenvalue weighted by atomic mass is 10.2. The van der Waals surface area contributed by atoms with E-state index in [2.05, 4.69) is 10.2 Å². The zero-order valence-corrected chi connectivity index (χ0v) is 21.5. The van der Waals surface area contributed by atoms with Crippen LogP contribution in [0.15, 0.2) is 28.0 Å². The van der Waals surface area contributed by atoms with Crippen LogP contribution in [0.4, 0.5) is 5.82 Å². The van der Waals surface area contributed by atoms with Crippen molar-refractivity contribution in [2.24, 2.45) is 0 Å². The second kappa shape index (κ2) is 11.0. The van der Waals surface area contributed by atoms with Crippen LogP contribution in [0.3, 0.4) is 0 Å². The zero-order chi connectivity index (χ0) is 24.2. The van der Waals surface area contributed by atoms with Gasteiger partial charge in [0.1, 0.15) is 15.8 Å². The summed E-state index contributed by atoms with van der Waals surface area (Å²) >= 11 is 6.70. The van der Waals surface area contributed by atoms with Crippen LogP contribution in [-0.2, 0) is 9.53 Å². The second-order valence-corrected chi connectivity index (χ2v) is 10.3. The highest BCUT2D eigenvalue weighted by atomic mass is 32.2. The summed E-state index contributed by atoms with van der Waals surface area (Å²) in [5, 5.41) is 3.35. The Hall–Kier alpha value is -2.27. The first-order valence-electron chi connectivity index (χ1n) is 11.7. The number of pyridine rings is 1. The van der Waals surface area contributed by atoms with E-state index in [1.165, 1.54) is 16.2 Å². The molecule has 2 aliphatic rings. The second-order valence-electron chi connectivity index (χ2n) is 8.66. The number of carbonyl (C=O) groups is 1. The van der Waals surface area contributed by atoms with Crippen molar-refractivity contribution in [2.75, 3.05) is 44.7 Å². The van der Waals surface area contributed by atoms with E-state index in [4.69, 9.17) is 21.9 Å². The first kappa shape index (κ1) is 24.8. The third-order valence-corrected chi connectivity index (χ3v) is 7.51. The van der Waals surface area contributed by atoms with Crippen LogP contribution in [0.1, 0.15) is 37.8 Å². The minimum atomic E-state index is -0.210. The molecule has 0 aliphatic carbocycles. The van der Waals surface area contributed by atoms with Crippen molar-refractivity contribution < 1.29 is 9.53 Å². The van der Waals surface area contributed by atoms with Crippen molar-refractivity contribution in [1.82, 2.24) is 19.2 Å². The molecule has 0 radical (unpaired) electrons. The molecule has 2 fully saturated rings. The molecule has 1 atom stereocenters. The fourth-order valence-corrected chi connectivity index (χ4v) is 5.48.